The molecule has 2 aromatic carbocycles. The summed E-state index contributed by atoms with van der Waals surface area (Å²) in [5, 5.41) is 14.3. The molecular formula is C14H12BrCl2NO2. The van der Waals surface area contributed by atoms with Crippen molar-refractivity contribution in [1.82, 2.24) is 0 Å². The van der Waals surface area contributed by atoms with E-state index in [0.29, 0.717) is 27.9 Å². The predicted molar refractivity (Wildman–Crippen MR) is 86.1 cm³/mol. The number of rotatable bonds is 4. The molecule has 0 aliphatic heterocycles. The van der Waals surface area contributed by atoms with Crippen LogP contribution in [0.3, 0.4) is 0 Å². The lowest BCUT2D eigenvalue weighted by molar-refractivity contribution is 0.370. The van der Waals surface area contributed by atoms with Crippen LogP contribution in [-0.4, -0.2) is 12.2 Å². The smallest absolute Gasteiger partial charge is 0.162 e. The van der Waals surface area contributed by atoms with E-state index in [2.05, 4.69) is 21.2 Å². The summed E-state index contributed by atoms with van der Waals surface area (Å²) in [4.78, 5) is 0. The van der Waals surface area contributed by atoms with Gasteiger partial charge in [0.1, 0.15) is 0 Å². The second-order valence-electron chi connectivity index (χ2n) is 4.13. The average molecular weight is 377 g/mol. The minimum Gasteiger partial charge on any atom is -0.504 e. The van der Waals surface area contributed by atoms with Gasteiger partial charge in [0.05, 0.1) is 7.11 Å². The number of phenolic OH excluding ortho intramolecular Hbond substituents is 1. The maximum atomic E-state index is 10.1. The number of hydrogen-bond acceptors (Lipinski definition) is 3. The van der Waals surface area contributed by atoms with Crippen LogP contribution in [0.1, 0.15) is 5.56 Å². The number of phenols is 1. The van der Waals surface area contributed by atoms with Crippen molar-refractivity contribution in [2.45, 2.75) is 6.54 Å². The van der Waals surface area contributed by atoms with Crippen LogP contribution in [0.2, 0.25) is 10.0 Å². The zero-order valence-electron chi connectivity index (χ0n) is 10.6. The summed E-state index contributed by atoms with van der Waals surface area (Å²) in [5.74, 6) is 0.525. The summed E-state index contributed by atoms with van der Waals surface area (Å²) in [6.07, 6.45) is 0. The number of hydrogen-bond donors (Lipinski definition) is 2. The van der Waals surface area contributed by atoms with Crippen molar-refractivity contribution in [2.75, 3.05) is 12.4 Å². The van der Waals surface area contributed by atoms with Gasteiger partial charge >= 0.3 is 0 Å². The third-order valence-electron chi connectivity index (χ3n) is 2.68. The highest BCUT2D eigenvalue weighted by atomic mass is 79.9. The maximum absolute atomic E-state index is 10.1. The van der Waals surface area contributed by atoms with Crippen LogP contribution in [0.15, 0.2) is 34.8 Å². The highest BCUT2D eigenvalue weighted by Crippen LogP contribution is 2.34. The Hall–Kier alpha value is -1.10. The fourth-order valence-corrected chi connectivity index (χ4v) is 2.78. The average Bonchev–Trinajstić information content (AvgIpc) is 2.38. The Labute approximate surface area is 135 Å². The summed E-state index contributed by atoms with van der Waals surface area (Å²) in [6, 6.07) is 8.71. The summed E-state index contributed by atoms with van der Waals surface area (Å²) >= 11 is 15.2. The zero-order chi connectivity index (χ0) is 14.7. The second kappa shape index (κ2) is 6.57. The number of benzene rings is 2. The molecule has 6 heteroatoms. The van der Waals surface area contributed by atoms with E-state index in [-0.39, 0.29) is 5.75 Å². The van der Waals surface area contributed by atoms with Crippen molar-refractivity contribution >= 4 is 44.8 Å². The quantitative estimate of drug-likeness (QED) is 0.781. The Bertz CT molecular complexity index is 615. The fourth-order valence-electron chi connectivity index (χ4n) is 1.77. The summed E-state index contributed by atoms with van der Waals surface area (Å²) in [5.41, 5.74) is 1.48. The van der Waals surface area contributed by atoms with Crippen LogP contribution < -0.4 is 10.1 Å². The van der Waals surface area contributed by atoms with E-state index in [0.717, 1.165) is 10.2 Å². The lowest BCUT2D eigenvalue weighted by Crippen LogP contribution is -2.01. The highest BCUT2D eigenvalue weighted by molar-refractivity contribution is 9.10. The van der Waals surface area contributed by atoms with Crippen molar-refractivity contribution < 1.29 is 9.84 Å². The third-order valence-corrected chi connectivity index (χ3v) is 3.58. The first-order valence-electron chi connectivity index (χ1n) is 5.75. The molecule has 2 rings (SSSR count). The first-order valence-corrected chi connectivity index (χ1v) is 7.30. The molecule has 0 atom stereocenters. The number of aromatic hydroxyl groups is 1. The summed E-state index contributed by atoms with van der Waals surface area (Å²) < 4.78 is 5.93. The molecule has 3 nitrogen and oxygen atoms in total. The van der Waals surface area contributed by atoms with Gasteiger partial charge in [-0.25, -0.2) is 0 Å². The molecule has 0 saturated heterocycles. The van der Waals surface area contributed by atoms with Crippen molar-refractivity contribution in [3.63, 3.8) is 0 Å². The minimum atomic E-state index is 0.108. The van der Waals surface area contributed by atoms with E-state index in [1.54, 1.807) is 24.3 Å². The molecule has 0 radical (unpaired) electrons. The number of anilines is 1. The fraction of sp³-hybridized carbons (Fsp3) is 0.143. The molecule has 0 saturated carbocycles. The lowest BCUT2D eigenvalue weighted by atomic mass is 10.2. The molecule has 0 amide bonds. The largest absolute Gasteiger partial charge is 0.504 e. The van der Waals surface area contributed by atoms with Gasteiger partial charge in [-0.1, -0.05) is 39.1 Å². The van der Waals surface area contributed by atoms with Gasteiger partial charge in [0.2, 0.25) is 0 Å². The molecule has 20 heavy (non-hydrogen) atoms. The Morgan fingerprint density at radius 1 is 1.15 bits per heavy atom. The topological polar surface area (TPSA) is 41.5 Å². The van der Waals surface area contributed by atoms with Gasteiger partial charge in [0.15, 0.2) is 11.5 Å². The Morgan fingerprint density at radius 2 is 1.80 bits per heavy atom. The van der Waals surface area contributed by atoms with Crippen molar-refractivity contribution in [3.05, 3.63) is 50.4 Å². The normalized spacial score (nSPS) is 10.4. The van der Waals surface area contributed by atoms with Gasteiger partial charge in [-0.3, -0.25) is 0 Å². The van der Waals surface area contributed by atoms with Crippen LogP contribution in [0.4, 0.5) is 5.69 Å². The van der Waals surface area contributed by atoms with E-state index in [9.17, 15) is 5.11 Å². The Kier molecular flexibility index (Phi) is 5.02. The number of ether oxygens (including phenoxy) is 1. The highest BCUT2D eigenvalue weighted by Gasteiger charge is 2.10. The first-order chi connectivity index (χ1) is 9.49. The van der Waals surface area contributed by atoms with E-state index in [1.807, 2.05) is 6.07 Å². The third kappa shape index (κ3) is 3.72. The minimum absolute atomic E-state index is 0.108. The molecule has 0 aliphatic carbocycles. The van der Waals surface area contributed by atoms with Crippen molar-refractivity contribution in [2.24, 2.45) is 0 Å². The molecule has 106 valence electrons. The van der Waals surface area contributed by atoms with Gasteiger partial charge in [0, 0.05) is 32.3 Å². The van der Waals surface area contributed by atoms with Crippen LogP contribution in [0, 0.1) is 0 Å². The van der Waals surface area contributed by atoms with Gasteiger partial charge in [-0.15, -0.1) is 0 Å². The van der Waals surface area contributed by atoms with E-state index in [4.69, 9.17) is 27.9 Å². The van der Waals surface area contributed by atoms with Crippen LogP contribution in [-0.2, 0) is 6.54 Å². The second-order valence-corrected chi connectivity index (χ2v) is 5.92. The predicted octanol–water partition coefficient (Wildman–Crippen LogP) is 5.08. The molecule has 0 heterocycles. The number of methoxy groups -OCH3 is 1. The van der Waals surface area contributed by atoms with Gasteiger partial charge in [-0.2, -0.15) is 0 Å². The molecule has 0 fully saturated rings. The van der Waals surface area contributed by atoms with Crippen molar-refractivity contribution in [3.8, 4) is 11.5 Å². The Morgan fingerprint density at radius 3 is 2.40 bits per heavy atom. The molecular weight excluding hydrogens is 365 g/mol. The summed E-state index contributed by atoms with van der Waals surface area (Å²) in [7, 11) is 1.51. The van der Waals surface area contributed by atoms with Crippen LogP contribution in [0.25, 0.3) is 0 Å². The SMILES string of the molecule is COc1cc(Br)cc(CNc2cc(Cl)cc(Cl)c2)c1O. The van der Waals surface area contributed by atoms with Gasteiger partial charge in [0.25, 0.3) is 0 Å². The standard InChI is InChI=1S/C14H12BrCl2NO2/c1-20-13-3-9(15)2-8(14(13)19)7-18-12-5-10(16)4-11(17)6-12/h2-6,18-19H,7H2,1H3. The lowest BCUT2D eigenvalue weighted by Gasteiger charge is -2.12. The number of nitrogens with one attached hydrogen (secondary N) is 1. The molecule has 2 aromatic rings. The van der Waals surface area contributed by atoms with Crippen LogP contribution >= 0.6 is 39.1 Å². The van der Waals surface area contributed by atoms with Crippen LogP contribution in [0.5, 0.6) is 11.5 Å². The van der Waals surface area contributed by atoms with Gasteiger partial charge in [-0.05, 0) is 30.3 Å². The molecule has 0 aliphatic rings. The van der Waals surface area contributed by atoms with E-state index < -0.39 is 0 Å². The van der Waals surface area contributed by atoms with E-state index >= 15 is 0 Å². The zero-order valence-corrected chi connectivity index (χ0v) is 13.7. The van der Waals surface area contributed by atoms with E-state index in [1.165, 1.54) is 7.11 Å². The molecule has 2 N–H and O–H groups in total. The number of halogens is 3. The maximum Gasteiger partial charge on any atom is 0.162 e. The Balaban J connectivity index is 2.20. The first kappa shape index (κ1) is 15.3. The molecule has 0 unspecified atom stereocenters. The molecule has 0 bridgehead atoms. The van der Waals surface area contributed by atoms with Crippen molar-refractivity contribution in [1.29, 1.82) is 0 Å². The monoisotopic (exact) mass is 375 g/mol. The molecule has 0 spiro atoms. The summed E-state index contributed by atoms with van der Waals surface area (Å²) in [6.45, 7) is 0.415. The van der Waals surface area contributed by atoms with Gasteiger partial charge < -0.3 is 15.2 Å². The molecule has 0 aromatic heterocycles.